The Bertz CT molecular complexity index is 836. The summed E-state index contributed by atoms with van der Waals surface area (Å²) in [6, 6.07) is 7.58. The van der Waals surface area contributed by atoms with E-state index in [-0.39, 0.29) is 17.8 Å². The topological polar surface area (TPSA) is 71.4 Å². The van der Waals surface area contributed by atoms with E-state index >= 15 is 0 Å². The Morgan fingerprint density at radius 1 is 1.35 bits per heavy atom. The summed E-state index contributed by atoms with van der Waals surface area (Å²) in [6.07, 6.45) is 1.10. The van der Waals surface area contributed by atoms with Crippen molar-refractivity contribution < 1.29 is 19.1 Å². The van der Waals surface area contributed by atoms with Crippen LogP contribution in [-0.4, -0.2) is 24.5 Å². The molecule has 23 heavy (non-hydrogen) atoms. The average Bonchev–Trinajstić information content (AvgIpc) is 2.79. The predicted molar refractivity (Wildman–Crippen MR) is 89.5 cm³/mol. The summed E-state index contributed by atoms with van der Waals surface area (Å²) in [4.78, 5) is 13.1. The van der Waals surface area contributed by atoms with Crippen LogP contribution in [0.2, 0.25) is 0 Å². The third-order valence-corrected chi connectivity index (χ3v) is 6.61. The van der Waals surface area contributed by atoms with Crippen LogP contribution in [-0.2, 0) is 14.9 Å². The summed E-state index contributed by atoms with van der Waals surface area (Å²) in [5.74, 6) is -1.000. The van der Waals surface area contributed by atoms with E-state index in [1.165, 1.54) is 0 Å². The lowest BCUT2D eigenvalue weighted by Gasteiger charge is -2.34. The molecule has 4 nitrogen and oxygen atoms in total. The number of carbonyl (C=O) groups excluding carboxylic acids is 1. The van der Waals surface area contributed by atoms with Crippen molar-refractivity contribution in [3.8, 4) is 0 Å². The zero-order valence-electron chi connectivity index (χ0n) is 14.6. The van der Waals surface area contributed by atoms with Gasteiger partial charge in [0.15, 0.2) is 5.78 Å². The van der Waals surface area contributed by atoms with Gasteiger partial charge in [-0.15, -0.1) is 0 Å². The maximum Gasteiger partial charge on any atom is 0.265 e. The van der Waals surface area contributed by atoms with E-state index in [9.17, 15) is 17.8 Å². The Morgan fingerprint density at radius 3 is 2.52 bits per heavy atom. The number of allylic oxidation sites excluding steroid dienone is 1. The molecule has 3 rings (SSSR count). The third-order valence-electron chi connectivity index (χ3n) is 5.75. The molecule has 0 spiro atoms. The minimum atomic E-state index is -4.28. The zero-order valence-corrected chi connectivity index (χ0v) is 14.4. The number of ketones is 1. The number of benzene rings is 1. The third kappa shape index (κ3) is 2.46. The van der Waals surface area contributed by atoms with Crippen LogP contribution in [0.15, 0.2) is 29.8 Å². The summed E-state index contributed by atoms with van der Waals surface area (Å²) in [7, 11) is -4.28. The second-order valence-corrected chi connectivity index (χ2v) is 8.81. The maximum atomic E-state index is 13.1. The molecule has 1 aromatic rings. The minimum absolute atomic E-state index is 0.152. The van der Waals surface area contributed by atoms with Crippen molar-refractivity contribution in [1.29, 1.82) is 0 Å². The first-order valence-corrected chi connectivity index (χ1v) is 9.38. The molecule has 124 valence electrons. The van der Waals surface area contributed by atoms with E-state index in [4.69, 9.17) is 1.37 Å². The van der Waals surface area contributed by atoms with Gasteiger partial charge >= 0.3 is 0 Å². The van der Waals surface area contributed by atoms with Crippen LogP contribution in [0, 0.1) is 23.7 Å². The number of carbonyl (C=O) groups is 1. The van der Waals surface area contributed by atoms with E-state index in [0.717, 1.165) is 5.56 Å². The fraction of sp³-hybridized carbons (Fsp3) is 0.500. The first kappa shape index (κ1) is 15.1. The zero-order chi connectivity index (χ0) is 17.9. The predicted octanol–water partition coefficient (Wildman–Crippen LogP) is 3.27. The molecule has 2 atom stereocenters. The van der Waals surface area contributed by atoms with Crippen LogP contribution in [0.1, 0.15) is 39.2 Å². The first-order valence-electron chi connectivity index (χ1n) is 8.27. The summed E-state index contributed by atoms with van der Waals surface area (Å²) in [5, 5.41) is 0. The molecule has 0 radical (unpaired) electrons. The van der Waals surface area contributed by atoms with Gasteiger partial charge in [0.2, 0.25) is 0 Å². The van der Waals surface area contributed by atoms with Gasteiger partial charge in [0, 0.05) is 5.57 Å². The van der Waals surface area contributed by atoms with Crippen molar-refractivity contribution in [1.82, 2.24) is 0 Å². The standard InChI is InChI=1S/C18H22O4S/c1-12-4-6-13(7-5-12)10-14-15-8-9-18(16(14)19,17(15,2)3)11-23(20,21)22/h4-7,10,15H,8-9,11H2,1-3H3,(H,20,21,22)/i10D. The minimum Gasteiger partial charge on any atom is -0.294 e. The highest BCUT2D eigenvalue weighted by atomic mass is 32.2. The molecule has 1 aromatic carbocycles. The van der Waals surface area contributed by atoms with Crippen LogP contribution in [0.5, 0.6) is 0 Å². The van der Waals surface area contributed by atoms with Gasteiger partial charge < -0.3 is 0 Å². The second kappa shape index (κ2) is 5.02. The number of fused-ring (bicyclic) bond motifs is 2. The summed E-state index contributed by atoms with van der Waals surface area (Å²) in [6.45, 7) is 5.71. The van der Waals surface area contributed by atoms with Crippen molar-refractivity contribution in [3.05, 3.63) is 41.0 Å². The lowest BCUT2D eigenvalue weighted by molar-refractivity contribution is -0.125. The molecule has 0 aromatic heterocycles. The van der Waals surface area contributed by atoms with Crippen molar-refractivity contribution in [2.75, 3.05) is 5.75 Å². The molecule has 0 aliphatic heterocycles. The SMILES string of the molecule is [2H]C(=C1C(=O)C2(CS(=O)(=O)O)CCC1C2(C)C)c1ccc(C)cc1. The fourth-order valence-electron chi connectivity index (χ4n) is 4.31. The molecule has 2 saturated carbocycles. The van der Waals surface area contributed by atoms with Gasteiger partial charge in [0.05, 0.1) is 12.5 Å². The molecule has 0 amide bonds. The molecule has 0 heterocycles. The van der Waals surface area contributed by atoms with Gasteiger partial charge in [-0.25, -0.2) is 0 Å². The molecule has 2 aliphatic carbocycles. The van der Waals surface area contributed by atoms with Crippen LogP contribution in [0.4, 0.5) is 0 Å². The second-order valence-electron chi connectivity index (χ2n) is 7.36. The first-order chi connectivity index (χ1) is 11.0. The van der Waals surface area contributed by atoms with Crippen LogP contribution >= 0.6 is 0 Å². The lowest BCUT2D eigenvalue weighted by atomic mass is 9.70. The highest BCUT2D eigenvalue weighted by Gasteiger charge is 2.67. The van der Waals surface area contributed by atoms with Crippen molar-refractivity contribution >= 4 is 22.0 Å². The van der Waals surface area contributed by atoms with Gasteiger partial charge in [0.1, 0.15) is 0 Å². The largest absolute Gasteiger partial charge is 0.294 e. The summed E-state index contributed by atoms with van der Waals surface area (Å²) >= 11 is 0. The van der Waals surface area contributed by atoms with Gasteiger partial charge in [-0.3, -0.25) is 9.35 Å². The molecular weight excluding hydrogens is 312 g/mol. The van der Waals surface area contributed by atoms with Crippen molar-refractivity contribution in [3.63, 3.8) is 0 Å². The Balaban J connectivity index is 2.15. The Kier molecular flexibility index (Phi) is 3.29. The Hall–Kier alpha value is -1.46. The lowest BCUT2D eigenvalue weighted by Crippen LogP contribution is -2.42. The molecule has 2 bridgehead atoms. The number of Topliss-reactive ketones (excluding diaryl/α,β-unsaturated/α-hetero) is 1. The maximum absolute atomic E-state index is 13.1. The van der Waals surface area contributed by atoms with E-state index in [2.05, 4.69) is 0 Å². The highest BCUT2D eigenvalue weighted by Crippen LogP contribution is 2.66. The number of hydrogen-bond acceptors (Lipinski definition) is 3. The number of hydrogen-bond donors (Lipinski definition) is 1. The average molecular weight is 335 g/mol. The number of aryl methyl sites for hydroxylation is 1. The molecule has 2 unspecified atom stereocenters. The molecule has 0 saturated heterocycles. The Morgan fingerprint density at radius 2 is 1.96 bits per heavy atom. The Labute approximate surface area is 138 Å². The van der Waals surface area contributed by atoms with Crippen molar-refractivity contribution in [2.24, 2.45) is 16.7 Å². The number of rotatable bonds is 3. The van der Waals surface area contributed by atoms with E-state index in [0.29, 0.717) is 24.0 Å². The van der Waals surface area contributed by atoms with Crippen LogP contribution < -0.4 is 0 Å². The molecular formula is C18H22O4S. The van der Waals surface area contributed by atoms with Crippen molar-refractivity contribution in [2.45, 2.75) is 33.6 Å². The molecule has 2 aliphatic rings. The summed E-state index contributed by atoms with van der Waals surface area (Å²) in [5.41, 5.74) is 0.427. The van der Waals surface area contributed by atoms with Gasteiger partial charge in [0.25, 0.3) is 10.1 Å². The summed E-state index contributed by atoms with van der Waals surface area (Å²) < 4.78 is 40.9. The monoisotopic (exact) mass is 335 g/mol. The van der Waals surface area contributed by atoms with E-state index in [1.54, 1.807) is 0 Å². The van der Waals surface area contributed by atoms with Crippen LogP contribution in [0.3, 0.4) is 0 Å². The van der Waals surface area contributed by atoms with Gasteiger partial charge in [-0.1, -0.05) is 43.7 Å². The molecule has 5 heteroatoms. The molecule has 2 fully saturated rings. The fourth-order valence-corrected chi connectivity index (χ4v) is 5.58. The quantitative estimate of drug-likeness (QED) is 0.680. The van der Waals surface area contributed by atoms with E-state index < -0.39 is 26.7 Å². The van der Waals surface area contributed by atoms with E-state index in [1.807, 2.05) is 45.0 Å². The van der Waals surface area contributed by atoms with Gasteiger partial charge in [-0.05, 0) is 42.7 Å². The molecule has 1 N–H and O–H groups in total. The normalized spacial score (nSPS) is 32.1. The highest BCUT2D eigenvalue weighted by molar-refractivity contribution is 7.85. The van der Waals surface area contributed by atoms with Crippen LogP contribution in [0.25, 0.3) is 6.05 Å². The smallest absolute Gasteiger partial charge is 0.265 e. The van der Waals surface area contributed by atoms with Gasteiger partial charge in [-0.2, -0.15) is 8.42 Å².